The van der Waals surface area contributed by atoms with Crippen LogP contribution in [0.15, 0.2) is 36.4 Å². The lowest BCUT2D eigenvalue weighted by Gasteiger charge is -2.28. The van der Waals surface area contributed by atoms with Crippen LogP contribution in [0.3, 0.4) is 0 Å². The number of anilines is 1. The highest BCUT2D eigenvalue weighted by atomic mass is 16.5. The molecule has 0 aromatic heterocycles. The Morgan fingerprint density at radius 1 is 1.00 bits per heavy atom. The molecule has 0 saturated carbocycles. The number of carboxylic acid groups (broad SMARTS) is 1. The van der Waals surface area contributed by atoms with Crippen molar-refractivity contribution in [3.05, 3.63) is 53.1 Å². The Labute approximate surface area is 212 Å². The molecular weight excluding hydrogens is 484 g/mol. The van der Waals surface area contributed by atoms with E-state index >= 15 is 0 Å². The number of hydrogen-bond acceptors (Lipinski definition) is 9. The number of imide groups is 1. The molecule has 2 N–H and O–H groups in total. The van der Waals surface area contributed by atoms with Crippen molar-refractivity contribution in [3.8, 4) is 11.5 Å². The smallest absolute Gasteiger partial charge is 0.341 e. The van der Waals surface area contributed by atoms with Crippen molar-refractivity contribution in [3.63, 3.8) is 0 Å². The number of Topliss-reactive ketones (excluding diaryl/α,β-unsaturated/α-hetero) is 1. The molecule has 2 aromatic rings. The minimum Gasteiger partial charge on any atom is -0.497 e. The molecule has 4 rings (SSSR count). The fourth-order valence-electron chi connectivity index (χ4n) is 5.16. The molecule has 2 amide bonds. The summed E-state index contributed by atoms with van der Waals surface area (Å²) in [4.78, 5) is 65.3. The van der Waals surface area contributed by atoms with Crippen molar-refractivity contribution in [1.29, 1.82) is 0 Å². The van der Waals surface area contributed by atoms with E-state index in [4.69, 9.17) is 14.2 Å². The lowest BCUT2D eigenvalue weighted by Crippen LogP contribution is -2.53. The molecule has 4 unspecified atom stereocenters. The van der Waals surface area contributed by atoms with Crippen molar-refractivity contribution in [2.24, 2.45) is 11.8 Å². The highest BCUT2D eigenvalue weighted by molar-refractivity contribution is 6.24. The van der Waals surface area contributed by atoms with Crippen LogP contribution in [0.25, 0.3) is 0 Å². The average Bonchev–Trinajstić information content (AvgIpc) is 3.35. The predicted octanol–water partition coefficient (Wildman–Crippen LogP) is 1.99. The van der Waals surface area contributed by atoms with Crippen molar-refractivity contribution in [2.45, 2.75) is 25.4 Å². The van der Waals surface area contributed by atoms with Crippen LogP contribution in [0.1, 0.15) is 46.2 Å². The maximum Gasteiger partial charge on any atom is 0.341 e. The standard InChI is InChI=1S/C26H26N2O9/c1-12(29)13-6-8-14(9-7-13)28-22(30)19-20(23(28)31)26(2,25(33)34)27-21(19)16-10-15(35-3)11-17(36-4)18(16)24(32)37-5/h6-11,19-21,27H,1-5H3,(H,33,34). The van der Waals surface area contributed by atoms with E-state index < -0.39 is 47.2 Å². The van der Waals surface area contributed by atoms with E-state index in [9.17, 15) is 29.1 Å². The van der Waals surface area contributed by atoms with Crippen LogP contribution in [0.5, 0.6) is 11.5 Å². The second-order valence-electron chi connectivity index (χ2n) is 9.03. The number of esters is 1. The van der Waals surface area contributed by atoms with Gasteiger partial charge in [0.25, 0.3) is 0 Å². The Hall–Kier alpha value is -4.25. The number of methoxy groups -OCH3 is 3. The average molecular weight is 510 g/mol. The van der Waals surface area contributed by atoms with Gasteiger partial charge in [-0.2, -0.15) is 0 Å². The Balaban J connectivity index is 1.90. The molecule has 11 nitrogen and oxygen atoms in total. The summed E-state index contributed by atoms with van der Waals surface area (Å²) in [5, 5.41) is 13.1. The lowest BCUT2D eigenvalue weighted by molar-refractivity contribution is -0.147. The van der Waals surface area contributed by atoms with E-state index in [1.165, 1.54) is 71.6 Å². The van der Waals surface area contributed by atoms with Gasteiger partial charge in [0, 0.05) is 17.7 Å². The third kappa shape index (κ3) is 3.91. The van der Waals surface area contributed by atoms with Crippen molar-refractivity contribution < 1.29 is 43.3 Å². The van der Waals surface area contributed by atoms with Crippen molar-refractivity contribution >= 4 is 35.2 Å². The summed E-state index contributed by atoms with van der Waals surface area (Å²) in [6, 6.07) is 7.76. The highest BCUT2D eigenvalue weighted by Crippen LogP contribution is 2.51. The summed E-state index contributed by atoms with van der Waals surface area (Å²) in [6.45, 7) is 2.72. The first-order chi connectivity index (χ1) is 17.5. The van der Waals surface area contributed by atoms with E-state index in [1.54, 1.807) is 0 Å². The number of hydrogen-bond donors (Lipinski definition) is 2. The maximum absolute atomic E-state index is 13.8. The molecule has 2 saturated heterocycles. The molecule has 194 valence electrons. The summed E-state index contributed by atoms with van der Waals surface area (Å²) >= 11 is 0. The number of amides is 2. The molecule has 0 bridgehead atoms. The molecule has 4 atom stereocenters. The van der Waals surface area contributed by atoms with E-state index in [0.717, 1.165) is 4.90 Å². The number of nitrogens with one attached hydrogen (secondary N) is 1. The number of fused-ring (bicyclic) bond motifs is 1. The van der Waals surface area contributed by atoms with Crippen molar-refractivity contribution in [1.82, 2.24) is 5.32 Å². The minimum absolute atomic E-state index is 0.0267. The number of aliphatic carboxylic acids is 1. The van der Waals surface area contributed by atoms with E-state index in [0.29, 0.717) is 5.56 Å². The topological polar surface area (TPSA) is 149 Å². The zero-order chi connectivity index (χ0) is 27.2. The van der Waals surface area contributed by atoms with Gasteiger partial charge >= 0.3 is 11.9 Å². The van der Waals surface area contributed by atoms with Gasteiger partial charge in [-0.05, 0) is 49.7 Å². The molecule has 2 fully saturated rings. The molecule has 0 spiro atoms. The first-order valence-corrected chi connectivity index (χ1v) is 11.3. The third-order valence-corrected chi connectivity index (χ3v) is 7.05. The normalized spacial score (nSPS) is 24.6. The number of carboxylic acids is 1. The second-order valence-corrected chi connectivity index (χ2v) is 9.03. The molecule has 0 radical (unpaired) electrons. The Kier molecular flexibility index (Phi) is 6.51. The quantitative estimate of drug-likeness (QED) is 0.322. The largest absolute Gasteiger partial charge is 0.497 e. The summed E-state index contributed by atoms with van der Waals surface area (Å²) in [5.74, 6) is -5.75. The number of rotatable bonds is 7. The molecule has 2 aromatic carbocycles. The van der Waals surface area contributed by atoms with Crippen LogP contribution >= 0.6 is 0 Å². The van der Waals surface area contributed by atoms with Gasteiger partial charge < -0.3 is 19.3 Å². The zero-order valence-electron chi connectivity index (χ0n) is 20.9. The first kappa shape index (κ1) is 25.8. The minimum atomic E-state index is -1.85. The van der Waals surface area contributed by atoms with Gasteiger partial charge in [0.1, 0.15) is 22.6 Å². The van der Waals surface area contributed by atoms with Gasteiger partial charge in [0.15, 0.2) is 5.78 Å². The summed E-state index contributed by atoms with van der Waals surface area (Å²) in [7, 11) is 3.92. The Morgan fingerprint density at radius 3 is 2.16 bits per heavy atom. The number of carbonyl (C=O) groups is 5. The Morgan fingerprint density at radius 2 is 1.65 bits per heavy atom. The number of nitrogens with zero attached hydrogens (tertiary/aromatic N) is 1. The van der Waals surface area contributed by atoms with Crippen LogP contribution in [0, 0.1) is 11.8 Å². The molecule has 0 aliphatic carbocycles. The van der Waals surface area contributed by atoms with Gasteiger partial charge in [0.2, 0.25) is 11.8 Å². The van der Waals surface area contributed by atoms with Crippen LogP contribution in [-0.4, -0.2) is 61.5 Å². The fourth-order valence-corrected chi connectivity index (χ4v) is 5.16. The molecule has 2 aliphatic heterocycles. The van der Waals surface area contributed by atoms with Crippen LogP contribution in [0.2, 0.25) is 0 Å². The third-order valence-electron chi connectivity index (χ3n) is 7.05. The molecule has 11 heteroatoms. The van der Waals surface area contributed by atoms with Gasteiger partial charge in [-0.25, -0.2) is 9.69 Å². The number of ketones is 1. The van der Waals surface area contributed by atoms with Gasteiger partial charge in [-0.3, -0.25) is 24.5 Å². The summed E-state index contributed by atoms with van der Waals surface area (Å²) in [5.41, 5.74) is -1.08. The SMILES string of the molecule is COC(=O)c1c(OC)cc(OC)cc1C1NC(C)(C(=O)O)C2C(=O)N(c3ccc(C(C)=O)cc3)C(=O)C12. The molecule has 37 heavy (non-hydrogen) atoms. The van der Waals surface area contributed by atoms with E-state index in [-0.39, 0.29) is 34.1 Å². The highest BCUT2D eigenvalue weighted by Gasteiger charge is 2.67. The number of carbonyl (C=O) groups excluding carboxylic acids is 4. The Bertz CT molecular complexity index is 1320. The molecule has 2 heterocycles. The zero-order valence-corrected chi connectivity index (χ0v) is 20.9. The number of ether oxygens (including phenoxy) is 3. The van der Waals surface area contributed by atoms with Crippen LogP contribution in [-0.2, 0) is 19.1 Å². The van der Waals surface area contributed by atoms with Gasteiger partial charge in [-0.15, -0.1) is 0 Å². The monoisotopic (exact) mass is 510 g/mol. The first-order valence-electron chi connectivity index (χ1n) is 11.3. The fraction of sp³-hybridized carbons (Fsp3) is 0.346. The maximum atomic E-state index is 13.8. The molecule has 2 aliphatic rings. The lowest BCUT2D eigenvalue weighted by atomic mass is 9.80. The second kappa shape index (κ2) is 9.32. The summed E-state index contributed by atoms with van der Waals surface area (Å²) in [6.07, 6.45) is 0. The molecular formula is C26H26N2O9. The number of benzene rings is 2. The van der Waals surface area contributed by atoms with Crippen LogP contribution in [0.4, 0.5) is 5.69 Å². The van der Waals surface area contributed by atoms with Crippen LogP contribution < -0.4 is 19.7 Å². The van der Waals surface area contributed by atoms with Gasteiger partial charge in [-0.1, -0.05) is 0 Å². The predicted molar refractivity (Wildman–Crippen MR) is 129 cm³/mol. The van der Waals surface area contributed by atoms with E-state index in [1.807, 2.05) is 0 Å². The van der Waals surface area contributed by atoms with Gasteiger partial charge in [0.05, 0.1) is 38.9 Å². The summed E-state index contributed by atoms with van der Waals surface area (Å²) < 4.78 is 15.7. The van der Waals surface area contributed by atoms with Crippen molar-refractivity contribution in [2.75, 3.05) is 26.2 Å². The van der Waals surface area contributed by atoms with E-state index in [2.05, 4.69) is 5.32 Å².